The summed E-state index contributed by atoms with van der Waals surface area (Å²) in [5, 5.41) is 4.92. The van der Waals surface area contributed by atoms with Crippen LogP contribution in [-0.4, -0.2) is 20.9 Å². The summed E-state index contributed by atoms with van der Waals surface area (Å²) in [6.45, 7) is 0. The summed E-state index contributed by atoms with van der Waals surface area (Å²) >= 11 is 1.53. The second-order valence-corrected chi connectivity index (χ2v) is 6.80. The number of carbonyl (C=O) groups is 1. The number of aromatic nitrogens is 3. The van der Waals surface area contributed by atoms with Gasteiger partial charge in [-0.3, -0.25) is 4.79 Å². The monoisotopic (exact) mass is 362 g/mol. The minimum absolute atomic E-state index is 0.0273. The first kappa shape index (κ1) is 16.5. The molecular weight excluding hydrogens is 344 g/mol. The Morgan fingerprint density at radius 3 is 2.85 bits per heavy atom. The van der Waals surface area contributed by atoms with E-state index in [1.807, 2.05) is 41.8 Å². The molecule has 0 aliphatic heterocycles. The van der Waals surface area contributed by atoms with Crippen molar-refractivity contribution < 1.29 is 4.79 Å². The normalized spacial score (nSPS) is 10.9. The highest BCUT2D eigenvalue weighted by molar-refractivity contribution is 7.07. The van der Waals surface area contributed by atoms with E-state index in [1.165, 1.54) is 16.9 Å². The van der Waals surface area contributed by atoms with Crippen molar-refractivity contribution in [3.8, 4) is 11.5 Å². The number of carbonyl (C=O) groups excluding carboxylic acids is 1. The minimum Gasteiger partial charge on any atom is -0.337 e. The van der Waals surface area contributed by atoms with E-state index in [1.54, 1.807) is 5.51 Å². The van der Waals surface area contributed by atoms with E-state index >= 15 is 0 Å². The summed E-state index contributed by atoms with van der Waals surface area (Å²) in [5.74, 6) is 0.770. The van der Waals surface area contributed by atoms with E-state index in [9.17, 15) is 4.79 Å². The number of aryl methyl sites for hydroxylation is 1. The number of rotatable bonds is 6. The van der Waals surface area contributed by atoms with Gasteiger partial charge >= 0.3 is 0 Å². The smallest absolute Gasteiger partial charge is 0.224 e. The Bertz CT molecular complexity index is 1010. The van der Waals surface area contributed by atoms with Gasteiger partial charge in [0.05, 0.1) is 16.5 Å². The van der Waals surface area contributed by atoms with E-state index < -0.39 is 0 Å². The maximum Gasteiger partial charge on any atom is 0.224 e. The molecule has 0 saturated heterocycles. The summed E-state index contributed by atoms with van der Waals surface area (Å²) in [5.41, 5.74) is 6.39. The molecule has 2 aromatic carbocycles. The number of amides is 1. The SMILES string of the molecule is O=C(CCCc1ccccc1)Nc1ccc2nc(-c3cscn3)[nH]c2c1. The summed E-state index contributed by atoms with van der Waals surface area (Å²) in [7, 11) is 0. The number of fused-ring (bicyclic) bond motifs is 1. The van der Waals surface area contributed by atoms with Crippen molar-refractivity contribution in [2.45, 2.75) is 19.3 Å². The highest BCUT2D eigenvalue weighted by Crippen LogP contribution is 2.23. The van der Waals surface area contributed by atoms with E-state index in [0.29, 0.717) is 6.42 Å². The molecule has 0 atom stereocenters. The average Bonchev–Trinajstić information content (AvgIpc) is 3.31. The van der Waals surface area contributed by atoms with Gasteiger partial charge in [0.2, 0.25) is 5.91 Å². The van der Waals surface area contributed by atoms with Gasteiger partial charge in [-0.25, -0.2) is 9.97 Å². The fraction of sp³-hybridized carbons (Fsp3) is 0.150. The second kappa shape index (κ2) is 7.49. The van der Waals surface area contributed by atoms with Crippen molar-refractivity contribution in [3.05, 3.63) is 65.0 Å². The predicted octanol–water partition coefficient (Wildman–Crippen LogP) is 4.65. The number of aromatic amines is 1. The van der Waals surface area contributed by atoms with Gasteiger partial charge in [0.25, 0.3) is 0 Å². The van der Waals surface area contributed by atoms with Crippen molar-refractivity contribution in [1.82, 2.24) is 15.0 Å². The van der Waals surface area contributed by atoms with Crippen LogP contribution in [0.4, 0.5) is 5.69 Å². The first-order valence-electron chi connectivity index (χ1n) is 8.50. The third kappa shape index (κ3) is 3.81. The fourth-order valence-electron chi connectivity index (χ4n) is 2.86. The first-order chi connectivity index (χ1) is 12.8. The molecule has 0 spiro atoms. The van der Waals surface area contributed by atoms with Crippen molar-refractivity contribution in [2.24, 2.45) is 0 Å². The Kier molecular flexibility index (Phi) is 4.75. The number of benzene rings is 2. The molecular formula is C20H18N4OS. The van der Waals surface area contributed by atoms with Crippen LogP contribution in [0, 0.1) is 0 Å². The molecule has 1 amide bonds. The lowest BCUT2D eigenvalue weighted by Gasteiger charge is -2.05. The van der Waals surface area contributed by atoms with E-state index in [4.69, 9.17) is 0 Å². The van der Waals surface area contributed by atoms with Crippen LogP contribution in [0.25, 0.3) is 22.6 Å². The molecule has 4 rings (SSSR count). The molecule has 2 aromatic heterocycles. The third-order valence-electron chi connectivity index (χ3n) is 4.15. The largest absolute Gasteiger partial charge is 0.337 e. The topological polar surface area (TPSA) is 70.7 Å². The van der Waals surface area contributed by atoms with Gasteiger partial charge in [-0.1, -0.05) is 30.3 Å². The third-order valence-corrected chi connectivity index (χ3v) is 4.74. The van der Waals surface area contributed by atoms with Gasteiger partial charge < -0.3 is 10.3 Å². The summed E-state index contributed by atoms with van der Waals surface area (Å²) in [4.78, 5) is 24.2. The summed E-state index contributed by atoms with van der Waals surface area (Å²) in [6.07, 6.45) is 2.24. The molecule has 2 heterocycles. The van der Waals surface area contributed by atoms with Gasteiger partial charge in [-0.15, -0.1) is 11.3 Å². The number of H-pyrrole nitrogens is 1. The van der Waals surface area contributed by atoms with Gasteiger partial charge in [-0.05, 0) is 36.6 Å². The summed E-state index contributed by atoms with van der Waals surface area (Å²) < 4.78 is 0. The molecule has 0 fully saturated rings. The number of nitrogens with zero attached hydrogens (tertiary/aromatic N) is 2. The Hall–Kier alpha value is -2.99. The van der Waals surface area contributed by atoms with E-state index in [0.717, 1.165) is 41.1 Å². The number of hydrogen-bond acceptors (Lipinski definition) is 4. The second-order valence-electron chi connectivity index (χ2n) is 6.08. The van der Waals surface area contributed by atoms with Crippen LogP contribution in [0.3, 0.4) is 0 Å². The highest BCUT2D eigenvalue weighted by atomic mass is 32.1. The standard InChI is InChI=1S/C20H18N4OS/c25-19(8-4-7-14-5-2-1-3-6-14)22-15-9-10-16-17(11-15)24-20(23-16)18-12-26-13-21-18/h1-3,5-6,9-13H,4,7-8H2,(H,22,25)(H,23,24). The van der Waals surface area contributed by atoms with E-state index in [-0.39, 0.29) is 5.91 Å². The molecule has 6 heteroatoms. The average molecular weight is 362 g/mol. The van der Waals surface area contributed by atoms with Gasteiger partial charge in [-0.2, -0.15) is 0 Å². The van der Waals surface area contributed by atoms with Crippen molar-refractivity contribution in [2.75, 3.05) is 5.32 Å². The molecule has 0 bridgehead atoms. The van der Waals surface area contributed by atoms with Crippen LogP contribution in [0.1, 0.15) is 18.4 Å². The van der Waals surface area contributed by atoms with Crippen LogP contribution < -0.4 is 5.32 Å². The molecule has 0 unspecified atom stereocenters. The van der Waals surface area contributed by atoms with Crippen LogP contribution in [0.5, 0.6) is 0 Å². The number of imidazole rings is 1. The minimum atomic E-state index is 0.0273. The maximum absolute atomic E-state index is 12.2. The zero-order chi connectivity index (χ0) is 17.8. The molecule has 2 N–H and O–H groups in total. The number of hydrogen-bond donors (Lipinski definition) is 2. The number of thiazole rings is 1. The van der Waals surface area contributed by atoms with E-state index in [2.05, 4.69) is 32.4 Å². The lowest BCUT2D eigenvalue weighted by atomic mass is 10.1. The molecule has 130 valence electrons. The maximum atomic E-state index is 12.2. The quantitative estimate of drug-likeness (QED) is 0.524. The molecule has 0 aliphatic rings. The van der Waals surface area contributed by atoms with Gasteiger partial charge in [0.15, 0.2) is 5.82 Å². The summed E-state index contributed by atoms with van der Waals surface area (Å²) in [6, 6.07) is 15.9. The Morgan fingerprint density at radius 1 is 1.15 bits per heavy atom. The van der Waals surface area contributed by atoms with Crippen molar-refractivity contribution >= 4 is 34.0 Å². The van der Waals surface area contributed by atoms with Gasteiger partial charge in [0.1, 0.15) is 5.69 Å². The number of nitrogens with one attached hydrogen (secondary N) is 2. The van der Waals surface area contributed by atoms with Crippen molar-refractivity contribution in [3.63, 3.8) is 0 Å². The fourth-order valence-corrected chi connectivity index (χ4v) is 3.40. The zero-order valence-electron chi connectivity index (χ0n) is 14.1. The van der Waals surface area contributed by atoms with Crippen LogP contribution in [0.2, 0.25) is 0 Å². The van der Waals surface area contributed by atoms with Crippen molar-refractivity contribution in [1.29, 1.82) is 0 Å². The molecule has 0 aliphatic carbocycles. The van der Waals surface area contributed by atoms with Gasteiger partial charge in [0, 0.05) is 17.5 Å². The van der Waals surface area contributed by atoms with Crippen LogP contribution in [0.15, 0.2) is 59.4 Å². The molecule has 5 nitrogen and oxygen atoms in total. The lowest BCUT2D eigenvalue weighted by Crippen LogP contribution is -2.11. The molecule has 26 heavy (non-hydrogen) atoms. The Balaban J connectivity index is 1.38. The molecule has 0 saturated carbocycles. The van der Waals surface area contributed by atoms with Crippen LogP contribution >= 0.6 is 11.3 Å². The first-order valence-corrected chi connectivity index (χ1v) is 9.44. The lowest BCUT2D eigenvalue weighted by molar-refractivity contribution is -0.116. The highest BCUT2D eigenvalue weighted by Gasteiger charge is 2.09. The molecule has 0 radical (unpaired) electrons. The predicted molar refractivity (Wildman–Crippen MR) is 105 cm³/mol. The van der Waals surface area contributed by atoms with Crippen LogP contribution in [-0.2, 0) is 11.2 Å². The zero-order valence-corrected chi connectivity index (χ0v) is 14.9. The molecule has 4 aromatic rings. The Morgan fingerprint density at radius 2 is 2.04 bits per heavy atom. The number of anilines is 1. The Labute approximate surface area is 155 Å².